The van der Waals surface area contributed by atoms with Crippen LogP contribution in [0.15, 0.2) is 30.3 Å². The Kier molecular flexibility index (Phi) is 4.63. The third kappa shape index (κ3) is 3.59. The largest absolute Gasteiger partial charge is 0.198 e. The van der Waals surface area contributed by atoms with Crippen LogP contribution in [0.2, 0.25) is 0 Å². The second kappa shape index (κ2) is 6.03. The maximum absolute atomic E-state index is 8.90. The number of nitriles is 1. The number of hydrogen-bond donors (Lipinski definition) is 0. The molecule has 0 heterocycles. The van der Waals surface area contributed by atoms with Gasteiger partial charge in [0.25, 0.3) is 0 Å². The molecule has 0 fully saturated rings. The van der Waals surface area contributed by atoms with E-state index in [1.54, 1.807) is 0 Å². The zero-order valence-electron chi connectivity index (χ0n) is 9.40. The van der Waals surface area contributed by atoms with Crippen molar-refractivity contribution >= 4 is 6.08 Å². The average molecular weight is 199 g/mol. The Labute approximate surface area is 92.1 Å². The van der Waals surface area contributed by atoms with E-state index in [9.17, 15) is 0 Å². The lowest BCUT2D eigenvalue weighted by Crippen LogP contribution is -1.90. The van der Waals surface area contributed by atoms with Crippen LogP contribution in [-0.2, 0) is 0 Å². The number of nitrogens with zero attached hydrogens (tertiary/aromatic N) is 1. The number of rotatable bonds is 4. The molecule has 1 unspecified atom stereocenters. The van der Waals surface area contributed by atoms with Crippen LogP contribution in [0, 0.1) is 24.2 Å². The molecule has 0 aliphatic carbocycles. The summed E-state index contributed by atoms with van der Waals surface area (Å²) >= 11 is 0. The van der Waals surface area contributed by atoms with Crippen LogP contribution in [0.4, 0.5) is 0 Å². The Hall–Kier alpha value is -1.55. The lowest BCUT2D eigenvalue weighted by molar-refractivity contribution is 0.704. The molecule has 15 heavy (non-hydrogen) atoms. The average Bonchev–Trinajstić information content (AvgIpc) is 2.26. The molecule has 1 rings (SSSR count). The first-order valence-corrected chi connectivity index (χ1v) is 5.41. The number of benzene rings is 1. The molecule has 0 aromatic heterocycles. The fourth-order valence-electron chi connectivity index (χ4n) is 1.51. The lowest BCUT2D eigenvalue weighted by atomic mass is 10.0. The van der Waals surface area contributed by atoms with Crippen LogP contribution in [0.25, 0.3) is 6.08 Å². The monoisotopic (exact) mass is 199 g/mol. The van der Waals surface area contributed by atoms with Crippen LogP contribution in [0.3, 0.4) is 0 Å². The molecule has 0 aliphatic rings. The number of allylic oxidation sites excluding steroid dienone is 1. The molecule has 78 valence electrons. The Bertz CT molecular complexity index is 371. The minimum absolute atomic E-state index is 0.0506. The predicted octanol–water partition coefficient (Wildman–Crippen LogP) is 3.95. The Morgan fingerprint density at radius 1 is 1.40 bits per heavy atom. The van der Waals surface area contributed by atoms with Crippen LogP contribution in [-0.4, -0.2) is 0 Å². The van der Waals surface area contributed by atoms with E-state index in [-0.39, 0.29) is 5.92 Å². The van der Waals surface area contributed by atoms with Gasteiger partial charge in [-0.1, -0.05) is 49.8 Å². The van der Waals surface area contributed by atoms with Crippen molar-refractivity contribution in [1.29, 1.82) is 5.26 Å². The molecule has 0 radical (unpaired) electrons. The van der Waals surface area contributed by atoms with Gasteiger partial charge in [0, 0.05) is 0 Å². The third-order valence-corrected chi connectivity index (χ3v) is 2.46. The van der Waals surface area contributed by atoms with E-state index in [1.165, 1.54) is 11.1 Å². The second-order valence-corrected chi connectivity index (χ2v) is 3.74. The number of aryl methyl sites for hydroxylation is 1. The zero-order chi connectivity index (χ0) is 11.1. The first-order chi connectivity index (χ1) is 7.27. The zero-order valence-corrected chi connectivity index (χ0v) is 9.40. The molecular formula is C14H17N. The van der Waals surface area contributed by atoms with Crippen molar-refractivity contribution in [2.45, 2.75) is 26.7 Å². The van der Waals surface area contributed by atoms with Crippen molar-refractivity contribution in [3.63, 3.8) is 0 Å². The fraction of sp³-hybridized carbons (Fsp3) is 0.357. The van der Waals surface area contributed by atoms with E-state index >= 15 is 0 Å². The highest BCUT2D eigenvalue weighted by atomic mass is 14.3. The first-order valence-electron chi connectivity index (χ1n) is 5.41. The maximum atomic E-state index is 8.90. The van der Waals surface area contributed by atoms with Crippen LogP contribution < -0.4 is 0 Å². The highest BCUT2D eigenvalue weighted by Crippen LogP contribution is 2.13. The van der Waals surface area contributed by atoms with Crippen molar-refractivity contribution in [3.05, 3.63) is 41.5 Å². The Morgan fingerprint density at radius 2 is 2.13 bits per heavy atom. The van der Waals surface area contributed by atoms with Gasteiger partial charge in [0.05, 0.1) is 12.0 Å². The van der Waals surface area contributed by atoms with Crippen molar-refractivity contribution < 1.29 is 0 Å². The van der Waals surface area contributed by atoms with Gasteiger partial charge in [-0.05, 0) is 24.5 Å². The Balaban J connectivity index is 2.73. The summed E-state index contributed by atoms with van der Waals surface area (Å²) in [6, 6.07) is 10.5. The van der Waals surface area contributed by atoms with Gasteiger partial charge in [0.2, 0.25) is 0 Å². The summed E-state index contributed by atoms with van der Waals surface area (Å²) in [6.07, 6.45) is 6.06. The van der Waals surface area contributed by atoms with Crippen molar-refractivity contribution in [2.75, 3.05) is 0 Å². The third-order valence-electron chi connectivity index (χ3n) is 2.46. The van der Waals surface area contributed by atoms with Gasteiger partial charge in [-0.3, -0.25) is 0 Å². The molecule has 1 heteroatoms. The molecule has 0 spiro atoms. The minimum Gasteiger partial charge on any atom is -0.198 e. The molecule has 0 saturated heterocycles. The van der Waals surface area contributed by atoms with Gasteiger partial charge >= 0.3 is 0 Å². The van der Waals surface area contributed by atoms with Gasteiger partial charge in [-0.2, -0.15) is 5.26 Å². The lowest BCUT2D eigenvalue weighted by Gasteiger charge is -2.01. The normalized spacial score (nSPS) is 12.6. The summed E-state index contributed by atoms with van der Waals surface area (Å²) in [5, 5.41) is 8.90. The minimum atomic E-state index is 0.0506. The van der Waals surface area contributed by atoms with Crippen molar-refractivity contribution in [2.24, 2.45) is 5.92 Å². The highest BCUT2D eigenvalue weighted by molar-refractivity contribution is 5.53. The standard InChI is InChI=1S/C14H17N/c1-3-6-13(11-15)9-10-14-8-5-4-7-12(14)2/h4-5,7-10,13H,3,6H2,1-2H3/b10-9+. The summed E-state index contributed by atoms with van der Waals surface area (Å²) in [5.41, 5.74) is 2.45. The van der Waals surface area contributed by atoms with Gasteiger partial charge in [-0.15, -0.1) is 0 Å². The van der Waals surface area contributed by atoms with E-state index in [4.69, 9.17) is 5.26 Å². The van der Waals surface area contributed by atoms with E-state index in [1.807, 2.05) is 18.2 Å². The molecule has 0 N–H and O–H groups in total. The van der Waals surface area contributed by atoms with Gasteiger partial charge < -0.3 is 0 Å². The van der Waals surface area contributed by atoms with E-state index in [0.29, 0.717) is 0 Å². The molecule has 0 amide bonds. The van der Waals surface area contributed by atoms with Crippen molar-refractivity contribution in [1.82, 2.24) is 0 Å². The topological polar surface area (TPSA) is 23.8 Å². The predicted molar refractivity (Wildman–Crippen MR) is 64.2 cm³/mol. The molecule has 1 aromatic rings. The molecular weight excluding hydrogens is 182 g/mol. The number of hydrogen-bond acceptors (Lipinski definition) is 1. The van der Waals surface area contributed by atoms with E-state index < -0.39 is 0 Å². The first kappa shape index (κ1) is 11.5. The molecule has 1 atom stereocenters. The molecule has 0 bridgehead atoms. The fourth-order valence-corrected chi connectivity index (χ4v) is 1.51. The smallest absolute Gasteiger partial charge is 0.0697 e. The highest BCUT2D eigenvalue weighted by Gasteiger charge is 2.00. The van der Waals surface area contributed by atoms with Crippen molar-refractivity contribution in [3.8, 4) is 6.07 Å². The summed E-state index contributed by atoms with van der Waals surface area (Å²) in [4.78, 5) is 0. The maximum Gasteiger partial charge on any atom is 0.0697 e. The summed E-state index contributed by atoms with van der Waals surface area (Å²) in [7, 11) is 0. The molecule has 0 saturated carbocycles. The van der Waals surface area contributed by atoms with E-state index in [0.717, 1.165) is 12.8 Å². The van der Waals surface area contributed by atoms with Gasteiger partial charge in [0.1, 0.15) is 0 Å². The molecule has 1 nitrogen and oxygen atoms in total. The summed E-state index contributed by atoms with van der Waals surface area (Å²) in [5.74, 6) is 0.0506. The summed E-state index contributed by atoms with van der Waals surface area (Å²) < 4.78 is 0. The van der Waals surface area contributed by atoms with Crippen LogP contribution in [0.1, 0.15) is 30.9 Å². The second-order valence-electron chi connectivity index (χ2n) is 3.74. The van der Waals surface area contributed by atoms with Gasteiger partial charge in [0.15, 0.2) is 0 Å². The van der Waals surface area contributed by atoms with Crippen LogP contribution in [0.5, 0.6) is 0 Å². The molecule has 0 aliphatic heterocycles. The Morgan fingerprint density at radius 3 is 2.73 bits per heavy atom. The quantitative estimate of drug-likeness (QED) is 0.720. The van der Waals surface area contributed by atoms with Gasteiger partial charge in [-0.25, -0.2) is 0 Å². The SMILES string of the molecule is CCCC(C#N)/C=C/c1ccccc1C. The van der Waals surface area contributed by atoms with Crippen LogP contribution >= 0.6 is 0 Å². The molecule has 1 aromatic carbocycles. The van der Waals surface area contributed by atoms with E-state index in [2.05, 4.69) is 38.1 Å². The summed E-state index contributed by atoms with van der Waals surface area (Å²) in [6.45, 7) is 4.19.